The fourth-order valence-corrected chi connectivity index (χ4v) is 3.84. The second-order valence-electron chi connectivity index (χ2n) is 8.01. The van der Waals surface area contributed by atoms with E-state index in [0.29, 0.717) is 22.0 Å². The van der Waals surface area contributed by atoms with Gasteiger partial charge in [-0.25, -0.2) is 0 Å². The van der Waals surface area contributed by atoms with E-state index in [1.54, 1.807) is 54.6 Å². The molecule has 0 unspecified atom stereocenters. The Hall–Kier alpha value is -4.72. The van der Waals surface area contributed by atoms with Crippen molar-refractivity contribution in [2.45, 2.75) is 13.8 Å². The van der Waals surface area contributed by atoms with E-state index in [-0.39, 0.29) is 17.3 Å². The van der Waals surface area contributed by atoms with E-state index in [0.717, 1.165) is 18.8 Å². The number of nitrogens with zero attached hydrogens (tertiary/aromatic N) is 3. The predicted octanol–water partition coefficient (Wildman–Crippen LogP) is 5.80. The van der Waals surface area contributed by atoms with Gasteiger partial charge in [-0.2, -0.15) is 0 Å². The van der Waals surface area contributed by atoms with E-state index in [1.165, 1.54) is 0 Å². The molecule has 0 fully saturated rings. The summed E-state index contributed by atoms with van der Waals surface area (Å²) in [4.78, 5) is 30.9. The summed E-state index contributed by atoms with van der Waals surface area (Å²) < 4.78 is 0. The van der Waals surface area contributed by atoms with Crippen LogP contribution in [0.5, 0.6) is 5.88 Å². The Labute approximate surface area is 209 Å². The number of aromatic amines is 1. The number of benzene rings is 3. The Morgan fingerprint density at radius 1 is 0.944 bits per heavy atom. The number of H-pyrrole nitrogens is 1. The van der Waals surface area contributed by atoms with Gasteiger partial charge in [0, 0.05) is 29.7 Å². The summed E-state index contributed by atoms with van der Waals surface area (Å²) in [5, 5.41) is 21.3. The SMILES string of the molecule is CCN(CC)c1ccc(/C=C(/NC(=O)c2ccccc2)C(=O)N=Nc2c(O)[nH]c3ccccc23)cc1. The molecule has 8 nitrogen and oxygen atoms in total. The Balaban J connectivity index is 1.65. The average molecular weight is 482 g/mol. The van der Waals surface area contributed by atoms with Crippen molar-refractivity contribution in [1.29, 1.82) is 0 Å². The molecule has 4 rings (SSSR count). The maximum atomic E-state index is 13.1. The highest BCUT2D eigenvalue weighted by atomic mass is 16.3. The smallest absolute Gasteiger partial charge is 0.311 e. The number of hydrogen-bond acceptors (Lipinski definition) is 5. The van der Waals surface area contributed by atoms with E-state index in [4.69, 9.17) is 0 Å². The molecule has 1 heterocycles. The summed E-state index contributed by atoms with van der Waals surface area (Å²) in [5.74, 6) is -1.39. The van der Waals surface area contributed by atoms with Gasteiger partial charge in [0.1, 0.15) is 5.70 Å². The lowest BCUT2D eigenvalue weighted by Crippen LogP contribution is -2.26. The highest BCUT2D eigenvalue weighted by Gasteiger charge is 2.16. The lowest BCUT2D eigenvalue weighted by atomic mass is 10.1. The zero-order chi connectivity index (χ0) is 25.5. The molecule has 8 heteroatoms. The van der Waals surface area contributed by atoms with Crippen LogP contribution in [0.1, 0.15) is 29.8 Å². The molecule has 0 saturated heterocycles. The highest BCUT2D eigenvalue weighted by Crippen LogP contribution is 2.35. The first-order valence-electron chi connectivity index (χ1n) is 11.7. The zero-order valence-corrected chi connectivity index (χ0v) is 20.1. The van der Waals surface area contributed by atoms with E-state index in [1.807, 2.05) is 30.3 Å². The van der Waals surface area contributed by atoms with Gasteiger partial charge >= 0.3 is 5.91 Å². The minimum absolute atomic E-state index is 0.0393. The van der Waals surface area contributed by atoms with Crippen LogP contribution in [0.3, 0.4) is 0 Å². The summed E-state index contributed by atoms with van der Waals surface area (Å²) in [5.41, 5.74) is 2.96. The van der Waals surface area contributed by atoms with Crippen molar-refractivity contribution in [2.75, 3.05) is 18.0 Å². The zero-order valence-electron chi connectivity index (χ0n) is 20.1. The Bertz CT molecular complexity index is 1420. The second-order valence-corrected chi connectivity index (χ2v) is 8.01. The minimum atomic E-state index is -0.753. The number of anilines is 1. The molecule has 3 N–H and O–H groups in total. The number of azo groups is 1. The average Bonchev–Trinajstić information content (AvgIpc) is 3.23. The standard InChI is InChI=1S/C28H27N5O3/c1-3-33(4-2)21-16-14-19(15-17-21)18-24(30-26(34)20-10-6-5-7-11-20)27(35)32-31-25-22-12-8-9-13-23(22)29-28(25)36/h5-18,29,36H,3-4H2,1-2H3,(H,30,34)/b24-18+,32-31?. The van der Waals surface area contributed by atoms with Crippen molar-refractivity contribution < 1.29 is 14.7 Å². The number of rotatable bonds is 8. The van der Waals surface area contributed by atoms with Crippen LogP contribution in [0.15, 0.2) is 94.8 Å². The van der Waals surface area contributed by atoms with Gasteiger partial charge in [0.15, 0.2) is 5.69 Å². The number of aromatic nitrogens is 1. The van der Waals surface area contributed by atoms with Crippen molar-refractivity contribution in [3.05, 3.63) is 95.7 Å². The molecule has 3 aromatic carbocycles. The van der Waals surface area contributed by atoms with Crippen LogP contribution >= 0.6 is 0 Å². The van der Waals surface area contributed by atoms with Gasteiger partial charge in [0.05, 0.1) is 5.52 Å². The molecule has 0 bridgehead atoms. The van der Waals surface area contributed by atoms with Crippen LogP contribution in [-0.2, 0) is 4.79 Å². The van der Waals surface area contributed by atoms with Gasteiger partial charge in [-0.3, -0.25) is 9.59 Å². The number of carbonyl (C=O) groups excluding carboxylic acids is 2. The van der Waals surface area contributed by atoms with Crippen molar-refractivity contribution in [1.82, 2.24) is 10.3 Å². The summed E-state index contributed by atoms with van der Waals surface area (Å²) in [6, 6.07) is 23.4. The van der Waals surface area contributed by atoms with Crippen LogP contribution in [0.25, 0.3) is 17.0 Å². The Morgan fingerprint density at radius 2 is 1.61 bits per heavy atom. The third-order valence-corrected chi connectivity index (χ3v) is 5.75. The number of aromatic hydroxyl groups is 1. The lowest BCUT2D eigenvalue weighted by Gasteiger charge is -2.20. The maximum Gasteiger partial charge on any atom is 0.311 e. The largest absolute Gasteiger partial charge is 0.493 e. The predicted molar refractivity (Wildman–Crippen MR) is 141 cm³/mol. The van der Waals surface area contributed by atoms with Crippen LogP contribution in [0.2, 0.25) is 0 Å². The van der Waals surface area contributed by atoms with Crippen molar-refractivity contribution >= 4 is 40.2 Å². The topological polar surface area (TPSA) is 110 Å². The van der Waals surface area contributed by atoms with Gasteiger partial charge in [0.25, 0.3) is 5.91 Å². The monoisotopic (exact) mass is 481 g/mol. The molecule has 2 amide bonds. The van der Waals surface area contributed by atoms with Gasteiger partial charge in [-0.1, -0.05) is 48.5 Å². The molecule has 4 aromatic rings. The maximum absolute atomic E-state index is 13.1. The van der Waals surface area contributed by atoms with Crippen LogP contribution < -0.4 is 10.2 Å². The molecule has 0 spiro atoms. The fourth-order valence-electron chi connectivity index (χ4n) is 3.84. The molecular weight excluding hydrogens is 454 g/mol. The minimum Gasteiger partial charge on any atom is -0.493 e. The quantitative estimate of drug-likeness (QED) is 0.218. The number of nitrogens with one attached hydrogen (secondary N) is 2. The highest BCUT2D eigenvalue weighted by molar-refractivity contribution is 6.05. The Morgan fingerprint density at radius 3 is 2.31 bits per heavy atom. The first-order valence-corrected chi connectivity index (χ1v) is 11.7. The van der Waals surface area contributed by atoms with Crippen LogP contribution in [0, 0.1) is 0 Å². The summed E-state index contributed by atoms with van der Waals surface area (Å²) in [6.45, 7) is 5.93. The fraction of sp³-hybridized carbons (Fsp3) is 0.143. The number of fused-ring (bicyclic) bond motifs is 1. The first-order chi connectivity index (χ1) is 17.5. The first kappa shape index (κ1) is 24.4. The van der Waals surface area contributed by atoms with Crippen molar-refractivity contribution in [3.63, 3.8) is 0 Å². The third-order valence-electron chi connectivity index (χ3n) is 5.75. The number of amides is 2. The van der Waals surface area contributed by atoms with E-state index < -0.39 is 11.8 Å². The Kier molecular flexibility index (Phi) is 7.55. The summed E-state index contributed by atoms with van der Waals surface area (Å²) >= 11 is 0. The normalized spacial score (nSPS) is 11.7. The van der Waals surface area contributed by atoms with Gasteiger partial charge < -0.3 is 20.3 Å². The number of hydrogen-bond donors (Lipinski definition) is 3. The van der Waals surface area contributed by atoms with Crippen LogP contribution in [-0.4, -0.2) is 35.0 Å². The molecule has 0 aliphatic carbocycles. The van der Waals surface area contributed by atoms with Gasteiger partial charge in [0.2, 0.25) is 5.88 Å². The van der Waals surface area contributed by atoms with Gasteiger partial charge in [-0.15, -0.1) is 10.2 Å². The van der Waals surface area contributed by atoms with E-state index in [2.05, 4.69) is 39.3 Å². The van der Waals surface area contributed by atoms with Gasteiger partial charge in [-0.05, 0) is 55.8 Å². The molecule has 182 valence electrons. The van der Waals surface area contributed by atoms with E-state index in [9.17, 15) is 14.7 Å². The lowest BCUT2D eigenvalue weighted by molar-refractivity contribution is -0.115. The van der Waals surface area contributed by atoms with Crippen molar-refractivity contribution in [3.8, 4) is 5.88 Å². The van der Waals surface area contributed by atoms with Crippen molar-refractivity contribution in [2.24, 2.45) is 10.2 Å². The molecule has 0 atom stereocenters. The molecule has 0 aliphatic rings. The van der Waals surface area contributed by atoms with E-state index >= 15 is 0 Å². The molecular formula is C28H27N5O3. The molecule has 0 aliphatic heterocycles. The summed E-state index contributed by atoms with van der Waals surface area (Å²) in [6.07, 6.45) is 1.56. The van der Waals surface area contributed by atoms with Crippen LogP contribution in [0.4, 0.5) is 11.4 Å². The summed E-state index contributed by atoms with van der Waals surface area (Å²) in [7, 11) is 0. The molecule has 36 heavy (non-hydrogen) atoms. The molecule has 1 aromatic heterocycles. The molecule has 0 radical (unpaired) electrons. The number of para-hydroxylation sites is 1. The molecule has 0 saturated carbocycles. The second kappa shape index (κ2) is 11.1. The number of carbonyl (C=O) groups is 2. The third kappa shape index (κ3) is 5.50.